The van der Waals surface area contributed by atoms with Crippen LogP contribution in [-0.4, -0.2) is 20.5 Å². The van der Waals surface area contributed by atoms with Crippen LogP contribution in [0.3, 0.4) is 0 Å². The average molecular weight is 256 g/mol. The van der Waals surface area contributed by atoms with E-state index < -0.39 is 23.7 Å². The van der Waals surface area contributed by atoms with E-state index in [-0.39, 0.29) is 26.4 Å². The fraction of sp³-hybridized carbons (Fsp3) is 0.600. The molecule has 4 unspecified atom stereocenters. The zero-order valence-electron chi connectivity index (χ0n) is 8.34. The van der Waals surface area contributed by atoms with E-state index in [9.17, 15) is 19.2 Å². The molecule has 2 aliphatic heterocycles. The van der Waals surface area contributed by atoms with Gasteiger partial charge < -0.3 is 0 Å². The quantitative estimate of drug-likeness (QED) is 0.635. The van der Waals surface area contributed by atoms with Gasteiger partial charge in [0, 0.05) is 11.8 Å². The zero-order valence-corrected chi connectivity index (χ0v) is 9.97. The van der Waals surface area contributed by atoms with Crippen LogP contribution in [0.5, 0.6) is 0 Å². The summed E-state index contributed by atoms with van der Waals surface area (Å²) in [7, 11) is 0. The predicted molar refractivity (Wildman–Crippen MR) is 58.3 cm³/mol. The topological polar surface area (TPSA) is 68.3 Å². The first-order valence-corrected chi connectivity index (χ1v) is 6.66. The molecule has 3 rings (SSSR count). The van der Waals surface area contributed by atoms with E-state index in [0.29, 0.717) is 0 Å². The number of thioether (sulfide) groups is 2. The van der Waals surface area contributed by atoms with Gasteiger partial charge in [-0.05, 0) is 29.4 Å². The van der Waals surface area contributed by atoms with E-state index >= 15 is 0 Å². The molecule has 0 N–H and O–H groups in total. The summed E-state index contributed by atoms with van der Waals surface area (Å²) in [5.41, 5.74) is 0. The first kappa shape index (κ1) is 10.5. The van der Waals surface area contributed by atoms with Gasteiger partial charge in [0.25, 0.3) is 0 Å². The van der Waals surface area contributed by atoms with Gasteiger partial charge in [0.05, 0.1) is 11.8 Å². The Kier molecular flexibility index (Phi) is 2.10. The van der Waals surface area contributed by atoms with Crippen LogP contribution >= 0.6 is 23.5 Å². The van der Waals surface area contributed by atoms with Crippen molar-refractivity contribution in [3.05, 3.63) is 0 Å². The number of carbonyl (C=O) groups excluding carboxylic acids is 4. The molecule has 3 fully saturated rings. The number of hydrogen-bond donors (Lipinski definition) is 0. The van der Waals surface area contributed by atoms with Gasteiger partial charge in [-0.3, -0.25) is 19.2 Å². The maximum absolute atomic E-state index is 11.7. The highest BCUT2D eigenvalue weighted by molar-refractivity contribution is 8.27. The summed E-state index contributed by atoms with van der Waals surface area (Å²) in [6, 6.07) is 0. The van der Waals surface area contributed by atoms with Crippen molar-refractivity contribution < 1.29 is 19.2 Å². The van der Waals surface area contributed by atoms with Crippen molar-refractivity contribution in [2.24, 2.45) is 29.6 Å². The van der Waals surface area contributed by atoms with Crippen molar-refractivity contribution in [3.8, 4) is 0 Å². The third-order valence-corrected chi connectivity index (χ3v) is 5.68. The molecule has 2 heterocycles. The summed E-state index contributed by atoms with van der Waals surface area (Å²) in [5, 5.41) is -0.777. The van der Waals surface area contributed by atoms with Crippen LogP contribution in [0.4, 0.5) is 0 Å². The molecule has 2 saturated heterocycles. The molecule has 16 heavy (non-hydrogen) atoms. The second kappa shape index (κ2) is 3.20. The average Bonchev–Trinajstić information content (AvgIpc) is 2.74. The van der Waals surface area contributed by atoms with Crippen molar-refractivity contribution in [1.82, 2.24) is 0 Å². The van der Waals surface area contributed by atoms with Crippen molar-refractivity contribution in [1.29, 1.82) is 0 Å². The first-order chi connectivity index (χ1) is 7.52. The van der Waals surface area contributed by atoms with E-state index in [4.69, 9.17) is 0 Å². The molecule has 4 atom stereocenters. The molecular weight excluding hydrogens is 248 g/mol. The summed E-state index contributed by atoms with van der Waals surface area (Å²) in [6.45, 7) is 1.80. The largest absolute Gasteiger partial charge is 0.286 e. The predicted octanol–water partition coefficient (Wildman–Crippen LogP) is 0.701. The van der Waals surface area contributed by atoms with Gasteiger partial charge in [-0.25, -0.2) is 0 Å². The molecular formula is C10H8O4S2. The summed E-state index contributed by atoms with van der Waals surface area (Å²) in [4.78, 5) is 46.6. The Morgan fingerprint density at radius 1 is 0.688 bits per heavy atom. The Hall–Kier alpha value is -0.620. The lowest BCUT2D eigenvalue weighted by molar-refractivity contribution is -0.124. The fourth-order valence-corrected chi connectivity index (χ4v) is 5.35. The van der Waals surface area contributed by atoms with E-state index in [1.165, 1.54) is 0 Å². The molecule has 84 valence electrons. The summed E-state index contributed by atoms with van der Waals surface area (Å²) < 4.78 is 0. The minimum atomic E-state index is -0.538. The highest BCUT2D eigenvalue weighted by Crippen LogP contribution is 2.58. The lowest BCUT2D eigenvalue weighted by Crippen LogP contribution is -2.23. The number of carbonyl (C=O) groups is 4. The second-order valence-corrected chi connectivity index (χ2v) is 6.46. The molecule has 4 nitrogen and oxygen atoms in total. The molecule has 1 aliphatic carbocycles. The highest BCUT2D eigenvalue weighted by atomic mass is 32.2. The normalized spacial score (nSPS) is 46.4. The number of fused-ring (bicyclic) bond motifs is 3. The van der Waals surface area contributed by atoms with Gasteiger partial charge >= 0.3 is 0 Å². The third kappa shape index (κ3) is 1.09. The summed E-state index contributed by atoms with van der Waals surface area (Å²) in [5.74, 6) is -2.08. The van der Waals surface area contributed by atoms with Gasteiger partial charge in [0.1, 0.15) is 0 Å². The Morgan fingerprint density at radius 3 is 1.38 bits per heavy atom. The summed E-state index contributed by atoms with van der Waals surface area (Å²) >= 11 is 1.44. The maximum atomic E-state index is 11.7. The van der Waals surface area contributed by atoms with Crippen LogP contribution in [0.1, 0.15) is 6.92 Å². The van der Waals surface area contributed by atoms with Gasteiger partial charge in [0.2, 0.25) is 20.5 Å². The van der Waals surface area contributed by atoms with Crippen molar-refractivity contribution in [2.75, 3.05) is 0 Å². The van der Waals surface area contributed by atoms with Crippen molar-refractivity contribution >= 4 is 44.0 Å². The monoisotopic (exact) mass is 256 g/mol. The zero-order chi connectivity index (χ0) is 11.6. The molecule has 0 bridgehead atoms. The Morgan fingerprint density at radius 2 is 1.00 bits per heavy atom. The molecule has 0 aromatic rings. The molecule has 0 amide bonds. The van der Waals surface area contributed by atoms with Gasteiger partial charge in [-0.2, -0.15) is 0 Å². The minimum absolute atomic E-state index is 0.164. The number of rotatable bonds is 0. The Balaban J connectivity index is 2.09. The Bertz CT molecular complexity index is 404. The van der Waals surface area contributed by atoms with E-state index in [2.05, 4.69) is 0 Å². The minimum Gasteiger partial charge on any atom is -0.286 e. The highest BCUT2D eigenvalue weighted by Gasteiger charge is 2.65. The molecule has 1 saturated carbocycles. The van der Waals surface area contributed by atoms with Crippen LogP contribution in [0, 0.1) is 29.6 Å². The van der Waals surface area contributed by atoms with Crippen molar-refractivity contribution in [3.63, 3.8) is 0 Å². The van der Waals surface area contributed by atoms with Gasteiger partial charge in [-0.1, -0.05) is 6.92 Å². The standard InChI is InChI=1S/C10H8O4S2/c1-2-3-5(9(13)15-7(3)11)6-4(2)8(12)16-10(6)14/h2-6H,1H3. The van der Waals surface area contributed by atoms with E-state index in [1.54, 1.807) is 6.92 Å². The molecule has 0 radical (unpaired) electrons. The van der Waals surface area contributed by atoms with E-state index in [0.717, 1.165) is 23.5 Å². The SMILES string of the molecule is CC1C2C(=O)SC(=O)C2C2C(=O)SC(=O)C12. The van der Waals surface area contributed by atoms with Gasteiger partial charge in [0.15, 0.2) is 0 Å². The summed E-state index contributed by atoms with van der Waals surface area (Å²) in [6.07, 6.45) is 0. The number of hydrogen-bond acceptors (Lipinski definition) is 6. The first-order valence-electron chi connectivity index (χ1n) is 5.03. The maximum Gasteiger partial charge on any atom is 0.201 e. The van der Waals surface area contributed by atoms with Crippen LogP contribution in [0.2, 0.25) is 0 Å². The molecule has 3 aliphatic rings. The van der Waals surface area contributed by atoms with E-state index in [1.807, 2.05) is 0 Å². The van der Waals surface area contributed by atoms with Crippen LogP contribution < -0.4 is 0 Å². The lowest BCUT2D eigenvalue weighted by atomic mass is 9.90. The van der Waals surface area contributed by atoms with Crippen LogP contribution in [-0.2, 0) is 19.2 Å². The second-order valence-electron chi connectivity index (χ2n) is 4.44. The third-order valence-electron chi connectivity index (χ3n) is 3.78. The fourth-order valence-electron chi connectivity index (χ4n) is 3.10. The molecule has 0 aromatic carbocycles. The van der Waals surface area contributed by atoms with Crippen LogP contribution in [0.15, 0.2) is 0 Å². The van der Waals surface area contributed by atoms with Crippen LogP contribution in [0.25, 0.3) is 0 Å². The molecule has 6 heteroatoms. The van der Waals surface area contributed by atoms with Gasteiger partial charge in [-0.15, -0.1) is 0 Å². The molecule has 0 aromatic heterocycles. The smallest absolute Gasteiger partial charge is 0.201 e. The van der Waals surface area contributed by atoms with Crippen molar-refractivity contribution in [2.45, 2.75) is 6.92 Å². The lowest BCUT2D eigenvalue weighted by Gasteiger charge is -2.13. The molecule has 0 spiro atoms. The Labute approximate surface area is 99.9 Å².